The fourth-order valence-electron chi connectivity index (χ4n) is 3.02. The number of rotatable bonds is 3. The van der Waals surface area contributed by atoms with Gasteiger partial charge in [-0.25, -0.2) is 0 Å². The van der Waals surface area contributed by atoms with Crippen molar-refractivity contribution in [3.63, 3.8) is 0 Å². The lowest BCUT2D eigenvalue weighted by atomic mass is 9.88. The van der Waals surface area contributed by atoms with E-state index in [1.54, 1.807) is 0 Å². The lowest BCUT2D eigenvalue weighted by Crippen LogP contribution is -2.43. The number of hydrogen-bond donors (Lipinski definition) is 0. The van der Waals surface area contributed by atoms with Crippen molar-refractivity contribution >= 4 is 10.1 Å². The van der Waals surface area contributed by atoms with Gasteiger partial charge < -0.3 is 9.47 Å². The van der Waals surface area contributed by atoms with E-state index < -0.39 is 10.1 Å². The Balaban J connectivity index is 0.000000263. The molecule has 0 aromatic carbocycles. The fourth-order valence-corrected chi connectivity index (χ4v) is 3.72. The van der Waals surface area contributed by atoms with Crippen molar-refractivity contribution < 1.29 is 22.1 Å². The molecule has 4 atom stereocenters. The maximum atomic E-state index is 11.0. The summed E-state index contributed by atoms with van der Waals surface area (Å²) in [7, 11) is -3.36. The van der Waals surface area contributed by atoms with Gasteiger partial charge in [-0.15, -0.1) is 0 Å². The van der Waals surface area contributed by atoms with Gasteiger partial charge in [0.1, 0.15) is 0 Å². The van der Waals surface area contributed by atoms with Crippen LogP contribution in [0.5, 0.6) is 0 Å². The molecule has 2 fully saturated rings. The highest BCUT2D eigenvalue weighted by molar-refractivity contribution is 7.86. The molecule has 8 nitrogen and oxygen atoms in total. The highest BCUT2D eigenvalue weighted by Crippen LogP contribution is 2.30. The van der Waals surface area contributed by atoms with E-state index in [0.717, 1.165) is 12.7 Å². The quantitative estimate of drug-likeness (QED) is 0.315. The van der Waals surface area contributed by atoms with E-state index in [2.05, 4.69) is 16.9 Å². The van der Waals surface area contributed by atoms with Crippen LogP contribution >= 0.6 is 0 Å². The van der Waals surface area contributed by atoms with Gasteiger partial charge in [-0.3, -0.25) is 4.18 Å². The third-order valence-corrected chi connectivity index (χ3v) is 5.25. The summed E-state index contributed by atoms with van der Waals surface area (Å²) in [4.78, 5) is 2.84. The fraction of sp³-hybridized carbons (Fsp3) is 1.00. The van der Waals surface area contributed by atoms with Crippen molar-refractivity contribution in [3.8, 4) is 0 Å². The lowest BCUT2D eigenvalue weighted by Gasteiger charge is -2.38. The summed E-state index contributed by atoms with van der Waals surface area (Å²) in [5.74, 6) is 0.465. The van der Waals surface area contributed by atoms with Crippen LogP contribution in [0.3, 0.4) is 0 Å². The van der Waals surface area contributed by atoms with Crippen LogP contribution in [0.4, 0.5) is 0 Å². The van der Waals surface area contributed by atoms with E-state index in [9.17, 15) is 8.42 Å². The minimum atomic E-state index is -3.36. The Morgan fingerprint density at radius 2 is 1.54 bits per heavy atom. The Hall–Kier alpha value is -0.860. The molecule has 152 valence electrons. The van der Waals surface area contributed by atoms with Gasteiger partial charge >= 0.3 is 0 Å². The van der Waals surface area contributed by atoms with Gasteiger partial charge in [0.25, 0.3) is 10.1 Å². The van der Waals surface area contributed by atoms with Crippen LogP contribution in [0.25, 0.3) is 10.4 Å². The molecule has 0 saturated carbocycles. The van der Waals surface area contributed by atoms with Crippen molar-refractivity contribution in [2.24, 2.45) is 17.0 Å². The molecular weight excluding hydrogens is 358 g/mol. The van der Waals surface area contributed by atoms with Crippen LogP contribution in [0, 0.1) is 11.8 Å². The van der Waals surface area contributed by atoms with Crippen LogP contribution in [-0.4, -0.2) is 51.2 Å². The first-order valence-corrected chi connectivity index (χ1v) is 10.8. The first-order valence-electron chi connectivity index (χ1n) is 8.95. The van der Waals surface area contributed by atoms with Gasteiger partial charge in [0.05, 0.1) is 36.8 Å². The molecule has 9 heteroatoms. The lowest BCUT2D eigenvalue weighted by molar-refractivity contribution is -0.115. The number of nitrogens with zero attached hydrogens (tertiary/aromatic N) is 3. The second-order valence-electron chi connectivity index (χ2n) is 8.62. The van der Waals surface area contributed by atoms with Gasteiger partial charge in [-0.1, -0.05) is 19.0 Å². The van der Waals surface area contributed by atoms with Gasteiger partial charge in [-0.2, -0.15) is 8.42 Å². The molecule has 0 N–H and O–H groups in total. The minimum absolute atomic E-state index is 0.0961. The summed E-state index contributed by atoms with van der Waals surface area (Å²) in [6, 6.07) is 0.0961. The normalized spacial score (nSPS) is 33.3. The maximum Gasteiger partial charge on any atom is 0.264 e. The van der Waals surface area contributed by atoms with E-state index in [1.807, 2.05) is 34.6 Å². The molecule has 2 aliphatic rings. The molecule has 0 amide bonds. The zero-order valence-electron chi connectivity index (χ0n) is 16.9. The van der Waals surface area contributed by atoms with Gasteiger partial charge in [-0.05, 0) is 45.6 Å². The molecule has 2 heterocycles. The zero-order chi connectivity index (χ0) is 20.2. The van der Waals surface area contributed by atoms with E-state index in [4.69, 9.17) is 19.2 Å². The summed E-state index contributed by atoms with van der Waals surface area (Å²) >= 11 is 0. The van der Waals surface area contributed by atoms with Crippen molar-refractivity contribution in [3.05, 3.63) is 10.4 Å². The zero-order valence-corrected chi connectivity index (χ0v) is 17.7. The Bertz CT molecular complexity index is 614. The van der Waals surface area contributed by atoms with Crippen LogP contribution in [-0.2, 0) is 23.8 Å². The number of azide groups is 1. The van der Waals surface area contributed by atoms with Gasteiger partial charge in [0, 0.05) is 23.3 Å². The molecule has 0 spiro atoms. The Morgan fingerprint density at radius 3 is 2.04 bits per heavy atom. The highest BCUT2D eigenvalue weighted by atomic mass is 32.2. The van der Waals surface area contributed by atoms with Gasteiger partial charge in [0.2, 0.25) is 0 Å². The average molecular weight is 392 g/mol. The van der Waals surface area contributed by atoms with Crippen molar-refractivity contribution in [2.75, 3.05) is 19.5 Å². The third-order valence-electron chi connectivity index (χ3n) is 4.66. The summed E-state index contributed by atoms with van der Waals surface area (Å²) < 4.78 is 38.1. The SMILES string of the molecule is C[C@@H]1COC(C)(C)C[C@@H]1N=[N+]=[N-].C[C@@H]1COC(C)(C)C[C@H]1OS(C)(=O)=O. The van der Waals surface area contributed by atoms with E-state index in [-0.39, 0.29) is 29.3 Å². The smallest absolute Gasteiger partial charge is 0.264 e. The number of ether oxygens (including phenoxy) is 2. The van der Waals surface area contributed by atoms with Crippen molar-refractivity contribution in [1.29, 1.82) is 0 Å². The summed E-state index contributed by atoms with van der Waals surface area (Å²) in [6.07, 6.45) is 2.26. The van der Waals surface area contributed by atoms with Crippen molar-refractivity contribution in [2.45, 2.75) is 77.7 Å². The van der Waals surface area contributed by atoms with Crippen molar-refractivity contribution in [1.82, 2.24) is 0 Å². The molecule has 0 unspecified atom stereocenters. The summed E-state index contributed by atoms with van der Waals surface area (Å²) in [5, 5.41) is 3.76. The maximum absolute atomic E-state index is 11.0. The largest absolute Gasteiger partial charge is 0.375 e. The van der Waals surface area contributed by atoms with Crippen LogP contribution in [0.15, 0.2) is 5.11 Å². The highest BCUT2D eigenvalue weighted by Gasteiger charge is 2.36. The second-order valence-corrected chi connectivity index (χ2v) is 10.2. The third kappa shape index (κ3) is 8.22. The van der Waals surface area contributed by atoms with Gasteiger partial charge in [0.15, 0.2) is 0 Å². The van der Waals surface area contributed by atoms with E-state index >= 15 is 0 Å². The summed E-state index contributed by atoms with van der Waals surface area (Å²) in [6.45, 7) is 13.2. The topological polar surface area (TPSA) is 111 Å². The minimum Gasteiger partial charge on any atom is -0.375 e. The molecule has 2 saturated heterocycles. The Labute approximate surface area is 157 Å². The monoisotopic (exact) mass is 391 g/mol. The van der Waals surface area contributed by atoms with Crippen LogP contribution in [0.1, 0.15) is 54.4 Å². The first kappa shape index (κ1) is 23.2. The molecule has 0 bridgehead atoms. The molecule has 0 radical (unpaired) electrons. The predicted molar refractivity (Wildman–Crippen MR) is 100 cm³/mol. The molecular formula is C17H33N3O5S. The van der Waals surface area contributed by atoms with Crippen LogP contribution < -0.4 is 0 Å². The Kier molecular flexibility index (Phi) is 7.92. The molecule has 0 aromatic rings. The second kappa shape index (κ2) is 8.89. The summed E-state index contributed by atoms with van der Waals surface area (Å²) in [5.41, 5.74) is 7.90. The molecule has 2 aliphatic heterocycles. The molecule has 0 aromatic heterocycles. The molecule has 2 rings (SSSR count). The number of hydrogen-bond acceptors (Lipinski definition) is 6. The van der Waals surface area contributed by atoms with E-state index in [1.165, 1.54) is 0 Å². The predicted octanol–water partition coefficient (Wildman–Crippen LogP) is 3.67. The first-order chi connectivity index (χ1) is 11.7. The van der Waals surface area contributed by atoms with Crippen LogP contribution in [0.2, 0.25) is 0 Å². The molecule has 0 aliphatic carbocycles. The van der Waals surface area contributed by atoms with E-state index in [0.29, 0.717) is 25.6 Å². The standard InChI is InChI=1S/C9H18O4S.C8H15N3O/c1-7-6-12-9(2,3)5-8(7)13-14(4,10)11;1-6-5-12-8(2,3)4-7(6)10-11-9/h7-8H,5-6H2,1-4H3;6-7H,4-5H2,1-3H3/t7-,8-;6-,7+/m11/s1. The Morgan fingerprint density at radius 1 is 1.04 bits per heavy atom. The molecule has 26 heavy (non-hydrogen) atoms. The average Bonchev–Trinajstić information content (AvgIpc) is 2.46.